The van der Waals surface area contributed by atoms with Crippen LogP contribution in [0.25, 0.3) is 0 Å². The van der Waals surface area contributed by atoms with Gasteiger partial charge >= 0.3 is 0 Å². The Bertz CT molecular complexity index is 458. The minimum atomic E-state index is 0.337. The Morgan fingerprint density at radius 2 is 1.90 bits per heavy atom. The summed E-state index contributed by atoms with van der Waals surface area (Å²) in [4.78, 5) is 7.29. The molecule has 1 atom stereocenters. The maximum atomic E-state index is 4.69. The first-order valence-corrected chi connectivity index (χ1v) is 7.99. The fourth-order valence-corrected chi connectivity index (χ4v) is 3.25. The number of nitrogens with one attached hydrogen (secondary N) is 1. The molecule has 1 fully saturated rings. The second-order valence-corrected chi connectivity index (χ2v) is 5.79. The molecule has 1 aromatic carbocycles. The van der Waals surface area contributed by atoms with Gasteiger partial charge in [-0.25, -0.2) is 0 Å². The van der Waals surface area contributed by atoms with Gasteiger partial charge in [0.1, 0.15) is 5.84 Å². The minimum absolute atomic E-state index is 0.337. The second kappa shape index (κ2) is 6.40. The van der Waals surface area contributed by atoms with Gasteiger partial charge in [0, 0.05) is 6.54 Å². The number of hydrogen-bond donors (Lipinski definition) is 1. The molecule has 1 N–H and O–H groups in total. The molecule has 1 saturated heterocycles. The van der Waals surface area contributed by atoms with Crippen LogP contribution in [0.3, 0.4) is 0 Å². The second-order valence-electron chi connectivity index (χ2n) is 5.79. The topological polar surface area (TPSA) is 27.6 Å². The van der Waals surface area contributed by atoms with E-state index in [0.29, 0.717) is 6.04 Å². The number of amidine groups is 1. The maximum absolute atomic E-state index is 4.69. The van der Waals surface area contributed by atoms with Gasteiger partial charge in [0.25, 0.3) is 0 Å². The first-order valence-electron chi connectivity index (χ1n) is 7.99. The summed E-state index contributed by atoms with van der Waals surface area (Å²) in [6, 6.07) is 9.45. The molecule has 0 spiro atoms. The number of piperidine rings is 1. The van der Waals surface area contributed by atoms with Crippen LogP contribution in [0.1, 0.15) is 43.4 Å². The van der Waals surface area contributed by atoms with Crippen LogP contribution in [0.2, 0.25) is 0 Å². The van der Waals surface area contributed by atoms with Crippen molar-refractivity contribution in [3.8, 4) is 0 Å². The van der Waals surface area contributed by atoms with E-state index in [2.05, 4.69) is 41.4 Å². The molecule has 1 aromatic rings. The largest absolute Gasteiger partial charge is 0.370 e. The van der Waals surface area contributed by atoms with Crippen LogP contribution >= 0.6 is 0 Å². The van der Waals surface area contributed by atoms with E-state index in [4.69, 9.17) is 4.99 Å². The first-order chi connectivity index (χ1) is 9.88. The molecule has 3 nitrogen and oxygen atoms in total. The van der Waals surface area contributed by atoms with Crippen molar-refractivity contribution in [1.29, 1.82) is 0 Å². The van der Waals surface area contributed by atoms with Crippen molar-refractivity contribution in [2.75, 3.05) is 26.2 Å². The van der Waals surface area contributed by atoms with Gasteiger partial charge in [0.2, 0.25) is 0 Å². The smallest absolute Gasteiger partial charge is 0.119 e. The van der Waals surface area contributed by atoms with E-state index >= 15 is 0 Å². The van der Waals surface area contributed by atoms with Crippen molar-refractivity contribution in [2.24, 2.45) is 4.99 Å². The monoisotopic (exact) mass is 271 g/mol. The van der Waals surface area contributed by atoms with Crippen molar-refractivity contribution in [3.63, 3.8) is 0 Å². The zero-order chi connectivity index (χ0) is 13.8. The number of rotatable bonds is 4. The van der Waals surface area contributed by atoms with Gasteiger partial charge in [-0.3, -0.25) is 9.89 Å². The van der Waals surface area contributed by atoms with Gasteiger partial charge in [-0.2, -0.15) is 0 Å². The van der Waals surface area contributed by atoms with Crippen LogP contribution in [0.15, 0.2) is 29.3 Å². The molecule has 0 saturated carbocycles. The lowest BCUT2D eigenvalue weighted by Crippen LogP contribution is -2.41. The predicted molar refractivity (Wildman–Crippen MR) is 84.3 cm³/mol. The van der Waals surface area contributed by atoms with Gasteiger partial charge < -0.3 is 5.32 Å². The standard InChI is InChI=1S/C17H25N3/c1-2-14-6-8-15(9-7-14)16(17-18-10-11-19-17)20-12-4-3-5-13-20/h6-9,16H,2-5,10-13H2,1H3,(H,18,19). The third-order valence-corrected chi connectivity index (χ3v) is 4.42. The highest BCUT2D eigenvalue weighted by atomic mass is 15.2. The van der Waals surface area contributed by atoms with E-state index in [0.717, 1.165) is 19.5 Å². The van der Waals surface area contributed by atoms with Crippen LogP contribution in [0, 0.1) is 0 Å². The molecule has 3 heteroatoms. The first kappa shape index (κ1) is 13.6. The molecular formula is C17H25N3. The highest BCUT2D eigenvalue weighted by Gasteiger charge is 2.28. The molecule has 0 bridgehead atoms. The Morgan fingerprint density at radius 1 is 1.15 bits per heavy atom. The summed E-state index contributed by atoms with van der Waals surface area (Å²) in [6.07, 6.45) is 5.11. The summed E-state index contributed by atoms with van der Waals surface area (Å²) < 4.78 is 0. The fourth-order valence-electron chi connectivity index (χ4n) is 3.25. The van der Waals surface area contributed by atoms with E-state index in [1.807, 2.05) is 0 Å². The summed E-state index contributed by atoms with van der Waals surface area (Å²) in [5.74, 6) is 1.18. The van der Waals surface area contributed by atoms with Crippen molar-refractivity contribution in [2.45, 2.75) is 38.6 Å². The Morgan fingerprint density at radius 3 is 2.50 bits per heavy atom. The molecule has 2 aliphatic rings. The van der Waals surface area contributed by atoms with E-state index in [-0.39, 0.29) is 0 Å². The number of hydrogen-bond acceptors (Lipinski definition) is 3. The van der Waals surface area contributed by atoms with E-state index < -0.39 is 0 Å². The van der Waals surface area contributed by atoms with Crippen LogP contribution in [-0.4, -0.2) is 36.9 Å². The lowest BCUT2D eigenvalue weighted by Gasteiger charge is -2.35. The molecule has 0 aliphatic carbocycles. The predicted octanol–water partition coefficient (Wildman–Crippen LogP) is 2.78. The molecule has 20 heavy (non-hydrogen) atoms. The summed E-state index contributed by atoms with van der Waals surface area (Å²) >= 11 is 0. The quantitative estimate of drug-likeness (QED) is 0.912. The number of aliphatic imine (C=N–C) groups is 1. The molecule has 3 rings (SSSR count). The van der Waals surface area contributed by atoms with E-state index in [1.165, 1.54) is 49.3 Å². The fraction of sp³-hybridized carbons (Fsp3) is 0.588. The molecule has 108 valence electrons. The van der Waals surface area contributed by atoms with Crippen molar-refractivity contribution < 1.29 is 0 Å². The lowest BCUT2D eigenvalue weighted by molar-refractivity contribution is 0.201. The minimum Gasteiger partial charge on any atom is -0.370 e. The molecule has 2 heterocycles. The van der Waals surface area contributed by atoms with Crippen molar-refractivity contribution >= 4 is 5.84 Å². The van der Waals surface area contributed by atoms with Crippen LogP contribution in [-0.2, 0) is 6.42 Å². The number of benzene rings is 1. The summed E-state index contributed by atoms with van der Waals surface area (Å²) in [7, 11) is 0. The highest BCUT2D eigenvalue weighted by molar-refractivity contribution is 5.89. The third-order valence-electron chi connectivity index (χ3n) is 4.42. The average Bonchev–Trinajstić information content (AvgIpc) is 3.03. The average molecular weight is 271 g/mol. The number of aryl methyl sites for hydroxylation is 1. The number of nitrogens with zero attached hydrogens (tertiary/aromatic N) is 2. The Labute approximate surface area is 122 Å². The zero-order valence-corrected chi connectivity index (χ0v) is 12.4. The normalized spacial score (nSPS) is 21.4. The van der Waals surface area contributed by atoms with Crippen LogP contribution in [0.5, 0.6) is 0 Å². The molecule has 0 amide bonds. The van der Waals surface area contributed by atoms with Gasteiger partial charge in [-0.05, 0) is 43.5 Å². The third kappa shape index (κ3) is 2.88. The maximum Gasteiger partial charge on any atom is 0.119 e. The van der Waals surface area contributed by atoms with Crippen molar-refractivity contribution in [1.82, 2.24) is 10.2 Å². The number of likely N-dealkylation sites (tertiary alicyclic amines) is 1. The molecule has 1 unspecified atom stereocenters. The molecule has 0 aromatic heterocycles. The van der Waals surface area contributed by atoms with Crippen molar-refractivity contribution in [3.05, 3.63) is 35.4 Å². The molecular weight excluding hydrogens is 246 g/mol. The highest BCUT2D eigenvalue weighted by Crippen LogP contribution is 2.26. The Hall–Kier alpha value is -1.35. The SMILES string of the molecule is CCc1ccc(C(C2=NCCN2)N2CCCCC2)cc1. The van der Waals surface area contributed by atoms with Gasteiger partial charge in [0.05, 0.1) is 12.6 Å². The van der Waals surface area contributed by atoms with Gasteiger partial charge in [-0.15, -0.1) is 0 Å². The summed E-state index contributed by atoms with van der Waals surface area (Å²) in [5, 5.41) is 3.49. The molecule has 2 aliphatic heterocycles. The lowest BCUT2D eigenvalue weighted by atomic mass is 9.99. The van der Waals surface area contributed by atoms with E-state index in [1.54, 1.807) is 0 Å². The summed E-state index contributed by atoms with van der Waals surface area (Å²) in [6.45, 7) is 6.51. The van der Waals surface area contributed by atoms with Crippen LogP contribution in [0.4, 0.5) is 0 Å². The van der Waals surface area contributed by atoms with Gasteiger partial charge in [0.15, 0.2) is 0 Å². The zero-order valence-electron chi connectivity index (χ0n) is 12.4. The van der Waals surface area contributed by atoms with E-state index in [9.17, 15) is 0 Å². The van der Waals surface area contributed by atoms with Crippen LogP contribution < -0.4 is 5.32 Å². The van der Waals surface area contributed by atoms with Gasteiger partial charge in [-0.1, -0.05) is 37.6 Å². The molecule has 0 radical (unpaired) electrons. The Balaban J connectivity index is 1.86. The Kier molecular flexibility index (Phi) is 4.36. The summed E-state index contributed by atoms with van der Waals surface area (Å²) in [5.41, 5.74) is 2.80.